The number of carbonyl (C=O) groups is 2. The molecule has 1 N–H and O–H groups in total. The summed E-state index contributed by atoms with van der Waals surface area (Å²) in [4.78, 5) is 23.3. The van der Waals surface area contributed by atoms with Gasteiger partial charge in [-0.15, -0.1) is 0 Å². The second-order valence-electron chi connectivity index (χ2n) is 4.65. The molecule has 23 heavy (non-hydrogen) atoms. The molecule has 0 saturated carbocycles. The number of hydrogen-bond acceptors (Lipinski definition) is 3. The van der Waals surface area contributed by atoms with Crippen LogP contribution in [-0.4, -0.2) is 18.4 Å². The Morgan fingerprint density at radius 2 is 1.74 bits per heavy atom. The van der Waals surface area contributed by atoms with Crippen molar-refractivity contribution in [1.29, 1.82) is 0 Å². The number of nitrogens with one attached hydrogen (secondary N) is 1. The quantitative estimate of drug-likeness (QED) is 0.535. The fraction of sp³-hybridized carbons (Fsp3) is 0.125. The average molecular weight is 323 g/mol. The second-order valence-corrected chi connectivity index (χ2v) is 4.65. The molecule has 0 atom stereocenters. The van der Waals surface area contributed by atoms with Crippen LogP contribution in [-0.2, 0) is 4.79 Å². The highest BCUT2D eigenvalue weighted by Crippen LogP contribution is 2.16. The van der Waals surface area contributed by atoms with Crippen LogP contribution in [0.15, 0.2) is 36.4 Å². The Kier molecular flexibility index (Phi) is 5.00. The van der Waals surface area contributed by atoms with Crippen molar-refractivity contribution in [1.82, 2.24) is 5.32 Å². The number of aryl methyl sites for hydroxylation is 1. The van der Waals surface area contributed by atoms with E-state index < -0.39 is 41.4 Å². The first-order chi connectivity index (χ1) is 10.9. The van der Waals surface area contributed by atoms with E-state index in [0.717, 1.165) is 11.6 Å². The predicted octanol–water partition coefficient (Wildman–Crippen LogP) is 2.75. The van der Waals surface area contributed by atoms with Gasteiger partial charge >= 0.3 is 5.97 Å². The lowest BCUT2D eigenvalue weighted by molar-refractivity contribution is -0.133. The van der Waals surface area contributed by atoms with E-state index in [4.69, 9.17) is 4.74 Å². The van der Waals surface area contributed by atoms with Gasteiger partial charge in [-0.3, -0.25) is 4.79 Å². The third-order valence-electron chi connectivity index (χ3n) is 2.99. The summed E-state index contributed by atoms with van der Waals surface area (Å²) in [7, 11) is 0. The highest BCUT2D eigenvalue weighted by Gasteiger charge is 2.19. The highest BCUT2D eigenvalue weighted by molar-refractivity contribution is 5.96. The third-order valence-corrected chi connectivity index (χ3v) is 2.99. The number of ether oxygens (including phenoxy) is 1. The summed E-state index contributed by atoms with van der Waals surface area (Å²) in [6.45, 7) is 1.18. The number of carbonyl (C=O) groups excluding carboxylic acids is 2. The molecule has 7 heteroatoms. The van der Waals surface area contributed by atoms with Crippen LogP contribution in [0.1, 0.15) is 15.9 Å². The predicted molar refractivity (Wildman–Crippen MR) is 75.5 cm³/mol. The minimum Gasteiger partial charge on any atom is -0.425 e. The maximum atomic E-state index is 13.4. The van der Waals surface area contributed by atoms with Gasteiger partial charge in [0.25, 0.3) is 5.91 Å². The van der Waals surface area contributed by atoms with Gasteiger partial charge in [-0.1, -0.05) is 18.2 Å². The number of benzene rings is 2. The SMILES string of the molecule is Cc1ccccc1OC(=O)CNC(=O)c1ccc(F)c(F)c1F. The normalized spacial score (nSPS) is 10.3. The summed E-state index contributed by atoms with van der Waals surface area (Å²) in [6.07, 6.45) is 0. The van der Waals surface area contributed by atoms with Crippen LogP contribution < -0.4 is 10.1 Å². The van der Waals surface area contributed by atoms with Crippen LogP contribution in [0.3, 0.4) is 0 Å². The summed E-state index contributed by atoms with van der Waals surface area (Å²) in [5, 5.41) is 2.08. The summed E-state index contributed by atoms with van der Waals surface area (Å²) in [5.41, 5.74) is 0.0198. The van der Waals surface area contributed by atoms with Crippen molar-refractivity contribution in [2.75, 3.05) is 6.54 Å². The van der Waals surface area contributed by atoms with Gasteiger partial charge in [-0.2, -0.15) is 0 Å². The zero-order chi connectivity index (χ0) is 17.0. The molecule has 4 nitrogen and oxygen atoms in total. The first-order valence-corrected chi connectivity index (χ1v) is 6.58. The number of halogens is 3. The largest absolute Gasteiger partial charge is 0.425 e. The van der Waals surface area contributed by atoms with Crippen LogP contribution >= 0.6 is 0 Å². The first kappa shape index (κ1) is 16.5. The average Bonchev–Trinajstić information content (AvgIpc) is 2.53. The topological polar surface area (TPSA) is 55.4 Å². The fourth-order valence-electron chi connectivity index (χ4n) is 1.78. The van der Waals surface area contributed by atoms with Gasteiger partial charge in [0, 0.05) is 0 Å². The van der Waals surface area contributed by atoms with Gasteiger partial charge in [-0.25, -0.2) is 18.0 Å². The van der Waals surface area contributed by atoms with Gasteiger partial charge in [0.2, 0.25) is 0 Å². The number of amides is 1. The zero-order valence-corrected chi connectivity index (χ0v) is 12.0. The second kappa shape index (κ2) is 6.95. The Balaban J connectivity index is 1.98. The molecule has 0 radical (unpaired) electrons. The standard InChI is InChI=1S/C16H12F3NO3/c1-9-4-2-3-5-12(9)23-13(21)8-20-16(22)10-6-7-11(17)15(19)14(10)18/h2-7H,8H2,1H3,(H,20,22). The molecule has 0 aliphatic heterocycles. The minimum atomic E-state index is -1.75. The maximum Gasteiger partial charge on any atom is 0.330 e. The molecule has 0 spiro atoms. The minimum absolute atomic E-state index is 0.325. The molecule has 0 aromatic heterocycles. The van der Waals surface area contributed by atoms with E-state index in [1.54, 1.807) is 31.2 Å². The van der Waals surface area contributed by atoms with Crippen LogP contribution in [0, 0.1) is 24.4 Å². The molecule has 0 aliphatic carbocycles. The molecule has 0 unspecified atom stereocenters. The molecule has 0 heterocycles. The van der Waals surface area contributed by atoms with Crippen molar-refractivity contribution in [2.24, 2.45) is 0 Å². The van der Waals surface area contributed by atoms with Gasteiger partial charge in [0.15, 0.2) is 17.5 Å². The molecule has 0 fully saturated rings. The Labute approximate surface area is 129 Å². The Morgan fingerprint density at radius 1 is 1.04 bits per heavy atom. The van der Waals surface area contributed by atoms with E-state index in [2.05, 4.69) is 5.32 Å². The number of para-hydroxylation sites is 1. The first-order valence-electron chi connectivity index (χ1n) is 6.58. The van der Waals surface area contributed by atoms with Crippen molar-refractivity contribution >= 4 is 11.9 Å². The van der Waals surface area contributed by atoms with Crippen molar-refractivity contribution in [3.8, 4) is 5.75 Å². The molecule has 120 valence electrons. The molecule has 1 amide bonds. The van der Waals surface area contributed by atoms with E-state index in [9.17, 15) is 22.8 Å². The van der Waals surface area contributed by atoms with E-state index in [0.29, 0.717) is 11.8 Å². The summed E-state index contributed by atoms with van der Waals surface area (Å²) in [6, 6.07) is 8.15. The maximum absolute atomic E-state index is 13.4. The van der Waals surface area contributed by atoms with E-state index in [1.807, 2.05) is 0 Å². The molecule has 0 aliphatic rings. The molecule has 0 saturated heterocycles. The monoisotopic (exact) mass is 323 g/mol. The molecule has 2 aromatic carbocycles. The molecule has 2 rings (SSSR count). The van der Waals surface area contributed by atoms with Crippen molar-refractivity contribution in [3.05, 3.63) is 65.0 Å². The molecule has 0 bridgehead atoms. The lowest BCUT2D eigenvalue weighted by Gasteiger charge is -2.08. The van der Waals surface area contributed by atoms with Crippen molar-refractivity contribution in [2.45, 2.75) is 6.92 Å². The smallest absolute Gasteiger partial charge is 0.330 e. The van der Waals surface area contributed by atoms with Gasteiger partial charge in [0.1, 0.15) is 12.3 Å². The lowest BCUT2D eigenvalue weighted by Crippen LogP contribution is -2.32. The van der Waals surface area contributed by atoms with E-state index in [1.165, 1.54) is 0 Å². The lowest BCUT2D eigenvalue weighted by atomic mass is 10.2. The number of rotatable bonds is 4. The van der Waals surface area contributed by atoms with Gasteiger partial charge in [-0.05, 0) is 30.7 Å². The Hall–Kier alpha value is -2.83. The molecular formula is C16H12F3NO3. The van der Waals surface area contributed by atoms with Crippen molar-refractivity contribution in [3.63, 3.8) is 0 Å². The molecular weight excluding hydrogens is 311 g/mol. The van der Waals surface area contributed by atoms with E-state index >= 15 is 0 Å². The van der Waals surface area contributed by atoms with Crippen LogP contribution in [0.5, 0.6) is 5.75 Å². The van der Waals surface area contributed by atoms with Gasteiger partial charge in [0.05, 0.1) is 5.56 Å². The fourth-order valence-corrected chi connectivity index (χ4v) is 1.78. The number of hydrogen-bond donors (Lipinski definition) is 1. The highest BCUT2D eigenvalue weighted by atomic mass is 19.2. The summed E-state index contributed by atoms with van der Waals surface area (Å²) >= 11 is 0. The zero-order valence-electron chi connectivity index (χ0n) is 12.0. The van der Waals surface area contributed by atoms with Crippen LogP contribution in [0.2, 0.25) is 0 Å². The third kappa shape index (κ3) is 3.88. The number of esters is 1. The van der Waals surface area contributed by atoms with Crippen LogP contribution in [0.25, 0.3) is 0 Å². The molecule has 2 aromatic rings. The van der Waals surface area contributed by atoms with Gasteiger partial charge < -0.3 is 10.1 Å². The van der Waals surface area contributed by atoms with Crippen LogP contribution in [0.4, 0.5) is 13.2 Å². The van der Waals surface area contributed by atoms with Crippen molar-refractivity contribution < 1.29 is 27.5 Å². The Bertz CT molecular complexity index is 762. The summed E-state index contributed by atoms with van der Waals surface area (Å²) < 4.78 is 44.3. The summed E-state index contributed by atoms with van der Waals surface area (Å²) in [5.74, 6) is -6.28. The van der Waals surface area contributed by atoms with E-state index in [-0.39, 0.29) is 0 Å². The Morgan fingerprint density at radius 3 is 2.43 bits per heavy atom.